The smallest absolute Gasteiger partial charge is 0.211 e. The van der Waals surface area contributed by atoms with Gasteiger partial charge in [0.25, 0.3) is 0 Å². The van der Waals surface area contributed by atoms with Crippen LogP contribution in [0.5, 0.6) is 34.5 Å². The Morgan fingerprint density at radius 3 is 1.79 bits per heavy atom. The van der Waals surface area contributed by atoms with Gasteiger partial charge in [-0.15, -0.1) is 0 Å². The van der Waals surface area contributed by atoms with Crippen molar-refractivity contribution in [1.82, 2.24) is 0 Å². The number of rotatable bonds is 7. The third kappa shape index (κ3) is 3.26. The Labute approximate surface area is 165 Å². The molecule has 0 unspecified atom stereocenters. The summed E-state index contributed by atoms with van der Waals surface area (Å²) < 4.78 is 39.8. The first kappa shape index (κ1) is 19.9. The standard InChI is InChI=1S/C21H26O7/c1-22-13-9-7-12(8-10-13)14-11-15(23-2)16-17(24-3)19(25-4)21(27-6)20(26-5)18(16)28-14/h7-10,14-15H,11H2,1-6H3/t14-,15+/m1/s1. The molecule has 2 aromatic rings. The molecule has 0 aliphatic carbocycles. The molecule has 0 bridgehead atoms. The third-order valence-electron chi connectivity index (χ3n) is 4.91. The average molecular weight is 390 g/mol. The van der Waals surface area contributed by atoms with E-state index in [1.807, 2.05) is 24.3 Å². The zero-order valence-electron chi connectivity index (χ0n) is 17.0. The van der Waals surface area contributed by atoms with Crippen LogP contribution in [-0.2, 0) is 4.74 Å². The largest absolute Gasteiger partial charge is 0.497 e. The third-order valence-corrected chi connectivity index (χ3v) is 4.91. The van der Waals surface area contributed by atoms with Crippen LogP contribution >= 0.6 is 0 Å². The summed E-state index contributed by atoms with van der Waals surface area (Å²) in [6.45, 7) is 0. The van der Waals surface area contributed by atoms with Crippen molar-refractivity contribution in [2.24, 2.45) is 0 Å². The molecule has 1 heterocycles. The summed E-state index contributed by atoms with van der Waals surface area (Å²) in [5.41, 5.74) is 1.74. The fraction of sp³-hybridized carbons (Fsp3) is 0.429. The van der Waals surface area contributed by atoms with Crippen molar-refractivity contribution in [3.8, 4) is 34.5 Å². The Kier molecular flexibility index (Phi) is 6.04. The van der Waals surface area contributed by atoms with Gasteiger partial charge in [-0.05, 0) is 17.7 Å². The number of hydrogen-bond acceptors (Lipinski definition) is 7. The van der Waals surface area contributed by atoms with E-state index < -0.39 is 0 Å². The van der Waals surface area contributed by atoms with E-state index in [2.05, 4.69) is 0 Å². The average Bonchev–Trinajstić information content (AvgIpc) is 2.76. The normalized spacial score (nSPS) is 17.9. The first-order chi connectivity index (χ1) is 13.6. The van der Waals surface area contributed by atoms with E-state index >= 15 is 0 Å². The first-order valence-corrected chi connectivity index (χ1v) is 8.86. The molecule has 0 spiro atoms. The second-order valence-electron chi connectivity index (χ2n) is 6.22. The Hall–Kier alpha value is -2.80. The van der Waals surface area contributed by atoms with Crippen molar-refractivity contribution in [1.29, 1.82) is 0 Å². The molecule has 2 aromatic carbocycles. The van der Waals surface area contributed by atoms with E-state index in [4.69, 9.17) is 33.2 Å². The Morgan fingerprint density at radius 1 is 0.714 bits per heavy atom. The lowest BCUT2D eigenvalue weighted by Crippen LogP contribution is -2.22. The van der Waals surface area contributed by atoms with E-state index in [9.17, 15) is 0 Å². The Morgan fingerprint density at radius 2 is 1.29 bits per heavy atom. The fourth-order valence-electron chi connectivity index (χ4n) is 3.56. The predicted octanol–water partition coefficient (Wildman–Crippen LogP) is 3.94. The molecule has 1 aliphatic rings. The van der Waals surface area contributed by atoms with Crippen LogP contribution in [0, 0.1) is 0 Å². The maximum absolute atomic E-state index is 6.37. The van der Waals surface area contributed by atoms with Gasteiger partial charge in [0, 0.05) is 13.5 Å². The molecule has 1 aliphatic heterocycles. The number of benzene rings is 2. The van der Waals surface area contributed by atoms with E-state index in [0.29, 0.717) is 35.2 Å². The molecule has 0 radical (unpaired) electrons. The molecule has 152 valence electrons. The predicted molar refractivity (Wildman–Crippen MR) is 103 cm³/mol. The summed E-state index contributed by atoms with van der Waals surface area (Å²) in [7, 11) is 9.54. The second-order valence-corrected chi connectivity index (χ2v) is 6.22. The van der Waals surface area contributed by atoms with Crippen LogP contribution in [0.2, 0.25) is 0 Å². The highest BCUT2D eigenvalue weighted by molar-refractivity contribution is 5.71. The molecule has 7 nitrogen and oxygen atoms in total. The van der Waals surface area contributed by atoms with Gasteiger partial charge < -0.3 is 33.2 Å². The van der Waals surface area contributed by atoms with E-state index in [-0.39, 0.29) is 12.2 Å². The van der Waals surface area contributed by atoms with Crippen molar-refractivity contribution in [2.75, 3.05) is 42.7 Å². The molecule has 2 atom stereocenters. The van der Waals surface area contributed by atoms with E-state index in [1.54, 1.807) is 42.7 Å². The lowest BCUT2D eigenvalue weighted by Gasteiger charge is -2.34. The zero-order valence-corrected chi connectivity index (χ0v) is 17.0. The van der Waals surface area contributed by atoms with Gasteiger partial charge in [-0.1, -0.05) is 12.1 Å². The van der Waals surface area contributed by atoms with Crippen LogP contribution in [0.25, 0.3) is 0 Å². The van der Waals surface area contributed by atoms with Crippen LogP contribution in [0.4, 0.5) is 0 Å². The van der Waals surface area contributed by atoms with Gasteiger partial charge in [0.05, 0.1) is 47.2 Å². The van der Waals surface area contributed by atoms with Gasteiger partial charge in [-0.3, -0.25) is 0 Å². The van der Waals surface area contributed by atoms with Gasteiger partial charge in [0.1, 0.15) is 11.9 Å². The highest BCUT2D eigenvalue weighted by Crippen LogP contribution is 2.59. The maximum Gasteiger partial charge on any atom is 0.211 e. The molecule has 0 aromatic heterocycles. The van der Waals surface area contributed by atoms with E-state index in [1.165, 1.54) is 0 Å². The van der Waals surface area contributed by atoms with Crippen molar-refractivity contribution >= 4 is 0 Å². The SMILES string of the molecule is COc1ccc([C@H]2C[C@H](OC)c3c(OC)c(OC)c(OC)c(OC)c3O2)cc1. The molecule has 0 amide bonds. The van der Waals surface area contributed by atoms with Crippen LogP contribution in [0.1, 0.15) is 29.8 Å². The minimum atomic E-state index is -0.278. The van der Waals surface area contributed by atoms with Crippen LogP contribution in [0.3, 0.4) is 0 Å². The Balaban J connectivity index is 2.16. The number of ether oxygens (including phenoxy) is 7. The van der Waals surface area contributed by atoms with Gasteiger partial charge in [-0.25, -0.2) is 0 Å². The number of fused-ring (bicyclic) bond motifs is 1. The highest BCUT2D eigenvalue weighted by atomic mass is 16.6. The van der Waals surface area contributed by atoms with Crippen molar-refractivity contribution in [2.45, 2.75) is 18.6 Å². The van der Waals surface area contributed by atoms with Crippen molar-refractivity contribution in [3.63, 3.8) is 0 Å². The monoisotopic (exact) mass is 390 g/mol. The molecule has 28 heavy (non-hydrogen) atoms. The fourth-order valence-corrected chi connectivity index (χ4v) is 3.56. The molecule has 0 N–H and O–H groups in total. The molecule has 0 saturated carbocycles. The molecule has 0 fully saturated rings. The summed E-state index contributed by atoms with van der Waals surface area (Å²) in [6.07, 6.45) is 0.0877. The molecular weight excluding hydrogens is 364 g/mol. The summed E-state index contributed by atoms with van der Waals surface area (Å²) in [4.78, 5) is 0. The lowest BCUT2D eigenvalue weighted by atomic mass is 9.93. The van der Waals surface area contributed by atoms with Crippen LogP contribution in [0.15, 0.2) is 24.3 Å². The van der Waals surface area contributed by atoms with Crippen molar-refractivity contribution < 1.29 is 33.2 Å². The Bertz CT molecular complexity index is 817. The van der Waals surface area contributed by atoms with Crippen molar-refractivity contribution in [3.05, 3.63) is 35.4 Å². The zero-order chi connectivity index (χ0) is 20.3. The maximum atomic E-state index is 6.37. The van der Waals surface area contributed by atoms with Crippen LogP contribution in [-0.4, -0.2) is 42.7 Å². The number of hydrogen-bond donors (Lipinski definition) is 0. The van der Waals surface area contributed by atoms with Gasteiger partial charge in [0.2, 0.25) is 17.2 Å². The first-order valence-electron chi connectivity index (χ1n) is 8.86. The minimum absolute atomic E-state index is 0.236. The van der Waals surface area contributed by atoms with E-state index in [0.717, 1.165) is 16.9 Å². The van der Waals surface area contributed by atoms with Crippen LogP contribution < -0.4 is 28.4 Å². The second kappa shape index (κ2) is 8.48. The molecule has 7 heteroatoms. The lowest BCUT2D eigenvalue weighted by molar-refractivity contribution is 0.0257. The summed E-state index contributed by atoms with van der Waals surface area (Å²) in [5.74, 6) is 3.11. The summed E-state index contributed by atoms with van der Waals surface area (Å²) in [6, 6.07) is 7.77. The number of methoxy groups -OCH3 is 6. The quantitative estimate of drug-likeness (QED) is 0.709. The summed E-state index contributed by atoms with van der Waals surface area (Å²) >= 11 is 0. The van der Waals surface area contributed by atoms with Gasteiger partial charge in [-0.2, -0.15) is 0 Å². The van der Waals surface area contributed by atoms with Gasteiger partial charge >= 0.3 is 0 Å². The minimum Gasteiger partial charge on any atom is -0.497 e. The highest BCUT2D eigenvalue weighted by Gasteiger charge is 2.39. The van der Waals surface area contributed by atoms with Gasteiger partial charge in [0.15, 0.2) is 11.5 Å². The topological polar surface area (TPSA) is 64.6 Å². The molecule has 3 rings (SSSR count). The molecule has 0 saturated heterocycles. The molecular formula is C21H26O7. The summed E-state index contributed by atoms with van der Waals surface area (Å²) in [5, 5.41) is 0.